The van der Waals surface area contributed by atoms with Gasteiger partial charge in [0.25, 0.3) is 0 Å². The number of benzene rings is 1. The lowest BCUT2D eigenvalue weighted by molar-refractivity contribution is -0.362. The highest BCUT2D eigenvalue weighted by molar-refractivity contribution is 6.74. The minimum absolute atomic E-state index is 0.0551. The maximum Gasteiger partial charge on any atom is 0.338 e. The second-order valence-corrected chi connectivity index (χ2v) is 25.9. The smallest absolute Gasteiger partial charge is 0.338 e. The highest BCUT2D eigenvalue weighted by Gasteiger charge is 2.76. The third-order valence-corrected chi connectivity index (χ3v) is 23.8. The van der Waals surface area contributed by atoms with Gasteiger partial charge in [-0.2, -0.15) is 0 Å². The summed E-state index contributed by atoms with van der Waals surface area (Å²) in [6.45, 7) is 20.3. The quantitative estimate of drug-likeness (QED) is 0.110. The largest absolute Gasteiger partial charge is 0.455 e. The summed E-state index contributed by atoms with van der Waals surface area (Å²) in [5, 5.41) is 51.7. The number of rotatable bonds is 12. The second kappa shape index (κ2) is 14.1. The molecule has 0 aromatic heterocycles. The molecular formula is C39H64O9Si2. The Kier molecular flexibility index (Phi) is 11.2. The third kappa shape index (κ3) is 5.85. The molecule has 2 bridgehead atoms. The molecule has 9 nitrogen and oxygen atoms in total. The first kappa shape index (κ1) is 39.8. The first-order valence-corrected chi connectivity index (χ1v) is 24.3. The molecule has 0 radical (unpaired) electrons. The van der Waals surface area contributed by atoms with Crippen molar-refractivity contribution in [3.8, 4) is 0 Å². The number of fused-ring (bicyclic) bond motifs is 5. The van der Waals surface area contributed by atoms with E-state index in [1.165, 1.54) is 0 Å². The Bertz CT molecular complexity index is 1390. The Labute approximate surface area is 302 Å². The van der Waals surface area contributed by atoms with Gasteiger partial charge >= 0.3 is 5.97 Å². The molecule has 2 saturated carbocycles. The van der Waals surface area contributed by atoms with Crippen LogP contribution in [0.4, 0.5) is 0 Å². The van der Waals surface area contributed by atoms with E-state index in [2.05, 4.69) is 41.5 Å². The van der Waals surface area contributed by atoms with Crippen molar-refractivity contribution in [2.45, 2.75) is 166 Å². The zero-order chi connectivity index (χ0) is 37.1. The summed E-state index contributed by atoms with van der Waals surface area (Å²) in [4.78, 5) is 14.2. The third-order valence-electron chi connectivity index (χ3n) is 14.5. The zero-order valence-electron chi connectivity index (χ0n) is 32.1. The summed E-state index contributed by atoms with van der Waals surface area (Å²) in [6.07, 6.45) is -5.66. The van der Waals surface area contributed by atoms with Crippen molar-refractivity contribution in [2.24, 2.45) is 16.7 Å². The summed E-state index contributed by atoms with van der Waals surface area (Å²) >= 11 is 0. The van der Waals surface area contributed by atoms with E-state index >= 15 is 0 Å². The van der Waals surface area contributed by atoms with Crippen molar-refractivity contribution >= 4 is 22.6 Å². The van der Waals surface area contributed by atoms with Crippen LogP contribution in [0.1, 0.15) is 92.4 Å². The van der Waals surface area contributed by atoms with E-state index in [1.54, 1.807) is 24.3 Å². The lowest BCUT2D eigenvalue weighted by Crippen LogP contribution is -2.82. The minimum atomic E-state index is -2.33. The molecular weight excluding hydrogens is 669 g/mol. The van der Waals surface area contributed by atoms with Gasteiger partial charge in [0.15, 0.2) is 16.6 Å². The standard InChI is InChI=1S/C39H64O9Si2/c1-11-49(12-2,13-3)47-27-23-39(44)34(46-35(42)26-20-18-17-19-21-26)32-37(10,33(41)31(40)30(25(27)7)36(39,8)9)28(22-29-38(32,43)24-45-29)48-50(14-4,15-5)16-6/h17-21,27-29,31-34,40-41,43-44H,11-16,22-24H2,1-10H3/t27-,28-,29+,31-,32-,33-,34-,37+,38-,39+/m0/s1. The van der Waals surface area contributed by atoms with Gasteiger partial charge in [-0.25, -0.2) is 4.79 Å². The van der Waals surface area contributed by atoms with Crippen LogP contribution < -0.4 is 0 Å². The van der Waals surface area contributed by atoms with E-state index in [9.17, 15) is 25.2 Å². The van der Waals surface area contributed by atoms with Crippen LogP contribution in [0.3, 0.4) is 0 Å². The minimum Gasteiger partial charge on any atom is -0.455 e. The van der Waals surface area contributed by atoms with E-state index in [0.717, 1.165) is 41.8 Å². The molecule has 4 aliphatic rings. The molecule has 1 heterocycles. The lowest BCUT2D eigenvalue weighted by Gasteiger charge is -2.69. The summed E-state index contributed by atoms with van der Waals surface area (Å²) in [7, 11) is -4.59. The average molecular weight is 733 g/mol. The topological polar surface area (TPSA) is 135 Å². The number of carbonyl (C=O) groups excluding carboxylic acids is 1. The van der Waals surface area contributed by atoms with Crippen molar-refractivity contribution in [1.29, 1.82) is 0 Å². The Hall–Kier alpha value is -1.42. The van der Waals surface area contributed by atoms with Gasteiger partial charge in [0, 0.05) is 29.6 Å². The first-order valence-electron chi connectivity index (χ1n) is 19.2. The summed E-state index contributed by atoms with van der Waals surface area (Å²) in [5.41, 5.74) is -4.35. The molecule has 3 aliphatic carbocycles. The molecule has 5 rings (SSSR count). The van der Waals surface area contributed by atoms with Gasteiger partial charge in [-0.3, -0.25) is 0 Å². The fraction of sp³-hybridized carbons (Fsp3) is 0.769. The van der Waals surface area contributed by atoms with Gasteiger partial charge in [0.05, 0.1) is 36.6 Å². The van der Waals surface area contributed by atoms with E-state index in [0.29, 0.717) is 17.6 Å². The Morgan fingerprint density at radius 3 is 1.92 bits per heavy atom. The van der Waals surface area contributed by atoms with Gasteiger partial charge < -0.3 is 38.8 Å². The SMILES string of the molecule is CC[Si](CC)(CC)O[C@H]1C[C@@]2(O)[C@@H](OC(=O)c3ccccc3)[C@@H]3[C@]4(O)CO[C@@H]4C[C@H](O[Si](CC)(CC)CC)[C@@]3(C)[C@@H](O)[C@@H](O)C(=C1C)C2(C)C. The summed E-state index contributed by atoms with van der Waals surface area (Å²) in [6, 6.07) is 13.9. The van der Waals surface area contributed by atoms with Crippen molar-refractivity contribution in [2.75, 3.05) is 6.61 Å². The lowest BCUT2D eigenvalue weighted by atomic mass is 9.44. The normalized spacial score (nSPS) is 38.3. The number of carbonyl (C=O) groups is 1. The van der Waals surface area contributed by atoms with E-state index in [4.69, 9.17) is 18.3 Å². The van der Waals surface area contributed by atoms with Crippen molar-refractivity contribution in [3.63, 3.8) is 0 Å². The van der Waals surface area contributed by atoms with Crippen LogP contribution >= 0.6 is 0 Å². The molecule has 0 spiro atoms. The summed E-state index contributed by atoms with van der Waals surface area (Å²) < 4.78 is 27.0. The molecule has 4 N–H and O–H groups in total. The van der Waals surface area contributed by atoms with Crippen molar-refractivity contribution < 1.29 is 43.5 Å². The number of hydrogen-bond acceptors (Lipinski definition) is 9. The van der Waals surface area contributed by atoms with E-state index < -0.39 is 87.2 Å². The maximum atomic E-state index is 14.2. The van der Waals surface area contributed by atoms with Gasteiger partial charge in [0.2, 0.25) is 0 Å². The predicted octanol–water partition coefficient (Wildman–Crippen LogP) is 6.36. The molecule has 50 heavy (non-hydrogen) atoms. The molecule has 1 aliphatic heterocycles. The number of esters is 1. The highest BCUT2D eigenvalue weighted by atomic mass is 28.4. The van der Waals surface area contributed by atoms with Gasteiger partial charge in [0.1, 0.15) is 23.4 Å². The maximum absolute atomic E-state index is 14.2. The van der Waals surface area contributed by atoms with Crippen molar-refractivity contribution in [1.82, 2.24) is 0 Å². The first-order chi connectivity index (χ1) is 23.4. The second-order valence-electron chi connectivity index (χ2n) is 16.5. The van der Waals surface area contributed by atoms with Crippen LogP contribution in [0.2, 0.25) is 36.3 Å². The van der Waals surface area contributed by atoms with Crippen LogP contribution in [0.25, 0.3) is 0 Å². The number of aliphatic hydroxyl groups is 4. The number of hydrogen-bond donors (Lipinski definition) is 4. The Morgan fingerprint density at radius 1 is 0.880 bits per heavy atom. The van der Waals surface area contributed by atoms with E-state index in [1.807, 2.05) is 33.8 Å². The van der Waals surface area contributed by atoms with Crippen molar-refractivity contribution in [3.05, 3.63) is 47.0 Å². The molecule has 10 atom stereocenters. The number of aliphatic hydroxyl groups excluding tert-OH is 2. The van der Waals surface area contributed by atoms with Crippen LogP contribution in [0, 0.1) is 16.7 Å². The fourth-order valence-corrected chi connectivity index (χ4v) is 16.2. The van der Waals surface area contributed by atoms with Crippen LogP contribution in [0.5, 0.6) is 0 Å². The predicted molar refractivity (Wildman–Crippen MR) is 199 cm³/mol. The average Bonchev–Trinajstić information content (AvgIpc) is 3.11. The molecule has 282 valence electrons. The number of ether oxygens (including phenoxy) is 2. The molecule has 1 aromatic carbocycles. The zero-order valence-corrected chi connectivity index (χ0v) is 34.1. The molecule has 1 saturated heterocycles. The molecule has 11 heteroatoms. The van der Waals surface area contributed by atoms with Crippen LogP contribution in [0.15, 0.2) is 41.5 Å². The summed E-state index contributed by atoms with van der Waals surface area (Å²) in [5.74, 6) is -1.69. The Morgan fingerprint density at radius 2 is 1.42 bits per heavy atom. The van der Waals surface area contributed by atoms with Crippen LogP contribution in [-0.2, 0) is 18.3 Å². The molecule has 1 aromatic rings. The molecule has 3 fully saturated rings. The molecule has 0 amide bonds. The van der Waals surface area contributed by atoms with Crippen LogP contribution in [-0.4, -0.2) is 97.5 Å². The fourth-order valence-electron chi connectivity index (χ4n) is 10.4. The van der Waals surface area contributed by atoms with Gasteiger partial charge in [-0.05, 0) is 66.5 Å². The van der Waals surface area contributed by atoms with Gasteiger partial charge in [-0.15, -0.1) is 0 Å². The van der Waals surface area contributed by atoms with E-state index in [-0.39, 0.29) is 13.0 Å². The highest BCUT2D eigenvalue weighted by Crippen LogP contribution is 2.65. The molecule has 0 unspecified atom stereocenters. The van der Waals surface area contributed by atoms with Gasteiger partial charge in [-0.1, -0.05) is 80.5 Å². The Balaban J connectivity index is 1.80. The monoisotopic (exact) mass is 732 g/mol.